The lowest BCUT2D eigenvalue weighted by molar-refractivity contribution is -0.0891. The smallest absolute Gasteiger partial charge is 0.407 e. The molecular weight excluding hydrogens is 438 g/mol. The van der Waals surface area contributed by atoms with Crippen LogP contribution in [0.25, 0.3) is 0 Å². The highest BCUT2D eigenvalue weighted by Crippen LogP contribution is 2.81. The van der Waals surface area contributed by atoms with E-state index in [0.29, 0.717) is 38.6 Å². The van der Waals surface area contributed by atoms with Gasteiger partial charge in [-0.15, -0.1) is 6.42 Å². The number of hydrogen-bond donors (Lipinski definition) is 2. The van der Waals surface area contributed by atoms with Gasteiger partial charge in [-0.05, 0) is 56.1 Å². The number of ether oxygens (including phenoxy) is 5. The third kappa shape index (κ3) is 2.65. The van der Waals surface area contributed by atoms with Crippen LogP contribution in [0.3, 0.4) is 0 Å². The van der Waals surface area contributed by atoms with Gasteiger partial charge in [-0.25, -0.2) is 4.79 Å². The number of nitrogens with one attached hydrogen (secondary N) is 1. The molecule has 0 aromatic heterocycles. The van der Waals surface area contributed by atoms with Crippen LogP contribution in [0.15, 0.2) is 11.1 Å². The molecule has 1 unspecified atom stereocenters. The zero-order valence-corrected chi connectivity index (χ0v) is 20.2. The average Bonchev–Trinajstić information content (AvgIpc) is 3.74. The van der Waals surface area contributed by atoms with Crippen LogP contribution in [0.2, 0.25) is 0 Å². The Bertz CT molecular complexity index is 975. The van der Waals surface area contributed by atoms with Crippen molar-refractivity contribution in [3.8, 4) is 12.3 Å². The molecule has 6 aliphatic rings. The summed E-state index contributed by atoms with van der Waals surface area (Å²) in [7, 11) is 0. The third-order valence-corrected chi connectivity index (χ3v) is 9.79. The molecule has 5 fully saturated rings. The van der Waals surface area contributed by atoms with Crippen molar-refractivity contribution in [2.45, 2.75) is 94.1 Å². The van der Waals surface area contributed by atoms with Crippen molar-refractivity contribution >= 4 is 6.09 Å². The number of alkyl carbamates (subject to hydrolysis) is 1. The first-order valence-corrected chi connectivity index (χ1v) is 12.6. The van der Waals surface area contributed by atoms with Crippen LogP contribution in [0, 0.1) is 23.7 Å². The van der Waals surface area contributed by atoms with Gasteiger partial charge in [0.25, 0.3) is 0 Å². The summed E-state index contributed by atoms with van der Waals surface area (Å²) in [6, 6.07) is 0. The zero-order chi connectivity index (χ0) is 23.9. The number of amides is 1. The van der Waals surface area contributed by atoms with Crippen LogP contribution in [-0.2, 0) is 23.7 Å². The minimum absolute atomic E-state index is 0.0248. The van der Waals surface area contributed by atoms with E-state index in [1.165, 1.54) is 11.1 Å². The van der Waals surface area contributed by atoms with Crippen molar-refractivity contribution in [2.75, 3.05) is 26.4 Å². The summed E-state index contributed by atoms with van der Waals surface area (Å²) in [5, 5.41) is 14.2. The van der Waals surface area contributed by atoms with E-state index in [9.17, 15) is 9.90 Å². The minimum atomic E-state index is -0.727. The normalized spacial score (nSPS) is 49.2. The number of hydrogen-bond acceptors (Lipinski definition) is 7. The number of aliphatic hydroxyl groups is 1. The predicted molar refractivity (Wildman–Crippen MR) is 121 cm³/mol. The van der Waals surface area contributed by atoms with Crippen molar-refractivity contribution in [2.24, 2.45) is 11.3 Å². The second-order valence-electron chi connectivity index (χ2n) is 11.1. The van der Waals surface area contributed by atoms with Gasteiger partial charge in [0.15, 0.2) is 5.60 Å². The van der Waals surface area contributed by atoms with Gasteiger partial charge in [-0.1, -0.05) is 19.8 Å². The van der Waals surface area contributed by atoms with Crippen LogP contribution < -0.4 is 5.32 Å². The minimum Gasteiger partial charge on any atom is -0.450 e. The number of unbranched alkanes of at least 4 members (excludes halogenated alkanes) is 1. The van der Waals surface area contributed by atoms with E-state index in [4.69, 9.17) is 30.1 Å². The first-order chi connectivity index (χ1) is 16.3. The summed E-state index contributed by atoms with van der Waals surface area (Å²) in [5.74, 6) is 2.66. The Hall–Kier alpha value is -1.63. The molecule has 8 heteroatoms. The highest BCUT2D eigenvalue weighted by molar-refractivity contribution is 5.67. The van der Waals surface area contributed by atoms with E-state index in [-0.39, 0.29) is 30.3 Å². The maximum Gasteiger partial charge on any atom is 0.407 e. The molecule has 3 saturated heterocycles. The third-order valence-electron chi connectivity index (χ3n) is 9.79. The summed E-state index contributed by atoms with van der Waals surface area (Å²) in [4.78, 5) is 11.5. The topological polar surface area (TPSA) is 105 Å². The highest BCUT2D eigenvalue weighted by atomic mass is 16.7. The number of carbonyl (C=O) groups excluding carboxylic acids is 1. The molecule has 2 saturated carbocycles. The quantitative estimate of drug-likeness (QED) is 0.241. The second kappa shape index (κ2) is 7.44. The van der Waals surface area contributed by atoms with Gasteiger partial charge in [0.1, 0.15) is 29.5 Å². The van der Waals surface area contributed by atoms with Crippen molar-refractivity contribution in [3.63, 3.8) is 0 Å². The SMILES string of the molecule is C#CCNC(=O)OCCCC[C@]12O[C@H]1[C@@H]1O[C@]13[C@]1(O[C@H]1CC(C1=C(C)COC1)[C@]3(C)CC)[C@@H]2O. The Morgan fingerprint density at radius 1 is 1.26 bits per heavy atom. The maximum absolute atomic E-state index is 11.8. The van der Waals surface area contributed by atoms with Crippen molar-refractivity contribution in [1.82, 2.24) is 5.32 Å². The Balaban J connectivity index is 1.16. The predicted octanol–water partition coefficient (Wildman–Crippen LogP) is 2.09. The summed E-state index contributed by atoms with van der Waals surface area (Å²) < 4.78 is 30.3. The van der Waals surface area contributed by atoms with E-state index < -0.39 is 29.0 Å². The molecule has 9 atom stereocenters. The Kier molecular flexibility index (Phi) is 4.99. The van der Waals surface area contributed by atoms with Gasteiger partial charge in [-0.3, -0.25) is 0 Å². The molecule has 4 aliphatic heterocycles. The molecule has 8 nitrogen and oxygen atoms in total. The van der Waals surface area contributed by atoms with E-state index in [0.717, 1.165) is 19.3 Å². The number of epoxide rings is 3. The fourth-order valence-corrected chi connectivity index (χ4v) is 7.84. The van der Waals surface area contributed by atoms with E-state index in [1.54, 1.807) is 0 Å². The molecule has 1 amide bonds. The van der Waals surface area contributed by atoms with Gasteiger partial charge in [0.2, 0.25) is 0 Å². The molecule has 0 bridgehead atoms. The lowest BCUT2D eigenvalue weighted by Crippen LogP contribution is -2.68. The fraction of sp³-hybridized carbons (Fsp3) is 0.808. The van der Waals surface area contributed by atoms with Crippen LogP contribution >= 0.6 is 0 Å². The van der Waals surface area contributed by atoms with Gasteiger partial charge in [0.05, 0.1) is 32.5 Å². The number of fused-ring (bicyclic) bond motifs is 2. The van der Waals surface area contributed by atoms with Gasteiger partial charge in [0, 0.05) is 5.41 Å². The van der Waals surface area contributed by atoms with E-state index in [1.807, 2.05) is 0 Å². The zero-order valence-electron chi connectivity index (χ0n) is 20.2. The lowest BCUT2D eigenvalue weighted by atomic mass is 9.49. The first kappa shape index (κ1) is 22.8. The Labute approximate surface area is 200 Å². The molecule has 0 aromatic carbocycles. The monoisotopic (exact) mass is 473 g/mol. The molecule has 34 heavy (non-hydrogen) atoms. The first-order valence-electron chi connectivity index (χ1n) is 12.6. The summed E-state index contributed by atoms with van der Waals surface area (Å²) in [6.45, 7) is 8.55. The van der Waals surface area contributed by atoms with E-state index in [2.05, 4.69) is 32.0 Å². The average molecular weight is 474 g/mol. The summed E-state index contributed by atoms with van der Waals surface area (Å²) in [6.07, 6.45) is 7.67. The Morgan fingerprint density at radius 2 is 2.09 bits per heavy atom. The Morgan fingerprint density at radius 3 is 2.79 bits per heavy atom. The van der Waals surface area contributed by atoms with Gasteiger partial charge < -0.3 is 34.1 Å². The molecule has 2 N–H and O–H groups in total. The van der Waals surface area contributed by atoms with Gasteiger partial charge >= 0.3 is 6.09 Å². The standard InChI is InChI=1S/C26H35NO7/c1-5-10-27-22(29)31-11-8-7-9-24-19(33-24)20-26(34-20)23(4,6-2)17(16-14-30-13-15(16)3)12-18-25(26,32-18)21(24)28/h1,17-21,28H,6-14H2,2-4H3,(H,27,29)/t17?,18-,19-,20-,21+,23-,24-,25+,26+/m0/s1. The van der Waals surface area contributed by atoms with Crippen molar-refractivity contribution < 1.29 is 33.6 Å². The van der Waals surface area contributed by atoms with Gasteiger partial charge in [-0.2, -0.15) is 0 Å². The molecule has 6 rings (SSSR count). The number of carbonyl (C=O) groups is 1. The number of rotatable bonds is 8. The molecule has 0 aromatic rings. The lowest BCUT2D eigenvalue weighted by Gasteiger charge is -2.51. The van der Waals surface area contributed by atoms with Crippen LogP contribution in [0.1, 0.15) is 52.9 Å². The fourth-order valence-electron chi connectivity index (χ4n) is 7.84. The second-order valence-corrected chi connectivity index (χ2v) is 11.1. The number of terminal acetylenes is 1. The largest absolute Gasteiger partial charge is 0.450 e. The molecule has 2 spiro atoms. The number of aliphatic hydroxyl groups excluding tert-OH is 1. The van der Waals surface area contributed by atoms with Crippen LogP contribution in [0.4, 0.5) is 4.79 Å². The van der Waals surface area contributed by atoms with Crippen LogP contribution in [0.5, 0.6) is 0 Å². The van der Waals surface area contributed by atoms with Crippen molar-refractivity contribution in [3.05, 3.63) is 11.1 Å². The molecule has 0 radical (unpaired) electrons. The summed E-state index contributed by atoms with van der Waals surface area (Å²) in [5.41, 5.74) is 0.735. The van der Waals surface area contributed by atoms with Crippen molar-refractivity contribution in [1.29, 1.82) is 0 Å². The summed E-state index contributed by atoms with van der Waals surface area (Å²) >= 11 is 0. The highest BCUT2D eigenvalue weighted by Gasteiger charge is 2.99. The molecular formula is C26H35NO7. The van der Waals surface area contributed by atoms with Crippen LogP contribution in [-0.4, -0.2) is 78.8 Å². The molecule has 4 heterocycles. The molecule has 186 valence electrons. The van der Waals surface area contributed by atoms with E-state index >= 15 is 0 Å². The molecule has 2 aliphatic carbocycles. The maximum atomic E-state index is 11.8.